The Morgan fingerprint density at radius 2 is 1.80 bits per heavy atom. The number of hydrogen-bond donors (Lipinski definition) is 2. The maximum Gasteiger partial charge on any atom is 0.241 e. The number of ether oxygens (including phenoxy) is 2. The number of carbonyl (C=O) groups excluding carboxylic acids is 1. The number of carbonyl (C=O) groups is 1. The number of benzene rings is 1. The number of amides is 1. The van der Waals surface area contributed by atoms with Gasteiger partial charge in [0.25, 0.3) is 0 Å². The number of hydrogen-bond acceptors (Lipinski definition) is 5. The first-order chi connectivity index (χ1) is 11.8. The van der Waals surface area contributed by atoms with Crippen LogP contribution in [-0.4, -0.2) is 46.2 Å². The topological polar surface area (TPSA) is 93.7 Å². The molecule has 25 heavy (non-hydrogen) atoms. The van der Waals surface area contributed by atoms with Crippen LogP contribution in [0.4, 0.5) is 0 Å². The molecular formula is C17H28N2O5S. The molecule has 0 bridgehead atoms. The van der Waals surface area contributed by atoms with Crippen LogP contribution in [0.2, 0.25) is 0 Å². The fraction of sp³-hybridized carbons (Fsp3) is 0.588. The molecule has 0 radical (unpaired) electrons. The van der Waals surface area contributed by atoms with Crippen LogP contribution in [0.3, 0.4) is 0 Å². The van der Waals surface area contributed by atoms with E-state index in [2.05, 4.69) is 10.0 Å². The predicted molar refractivity (Wildman–Crippen MR) is 96.1 cm³/mol. The SMILES string of the molecule is CCOc1ccc(S(=O)(=O)N[C@H](C)C(=O)NCCCOC(C)C)cc1. The second-order valence-corrected chi connectivity index (χ2v) is 7.53. The summed E-state index contributed by atoms with van der Waals surface area (Å²) in [7, 11) is -3.77. The maximum atomic E-state index is 12.3. The molecule has 1 aromatic rings. The van der Waals surface area contributed by atoms with E-state index in [4.69, 9.17) is 9.47 Å². The lowest BCUT2D eigenvalue weighted by molar-refractivity contribution is -0.122. The quantitative estimate of drug-likeness (QED) is 0.577. The molecule has 0 saturated heterocycles. The average molecular weight is 372 g/mol. The van der Waals surface area contributed by atoms with Crippen molar-refractivity contribution >= 4 is 15.9 Å². The third-order valence-corrected chi connectivity index (χ3v) is 4.80. The standard InChI is InChI=1S/C17H28N2O5S/c1-5-23-15-7-9-16(10-8-15)25(21,22)19-14(4)17(20)18-11-6-12-24-13(2)3/h7-10,13-14,19H,5-6,11-12H2,1-4H3,(H,18,20)/t14-/m1/s1. The summed E-state index contributed by atoms with van der Waals surface area (Å²) in [5.74, 6) is 0.218. The molecule has 0 fully saturated rings. The minimum absolute atomic E-state index is 0.0842. The van der Waals surface area contributed by atoms with Gasteiger partial charge < -0.3 is 14.8 Å². The molecule has 0 aliphatic carbocycles. The van der Waals surface area contributed by atoms with Crippen LogP contribution in [0.1, 0.15) is 34.1 Å². The monoisotopic (exact) mass is 372 g/mol. The molecule has 1 amide bonds. The lowest BCUT2D eigenvalue weighted by Crippen LogP contribution is -2.45. The summed E-state index contributed by atoms with van der Waals surface area (Å²) >= 11 is 0. The molecule has 8 heteroatoms. The zero-order chi connectivity index (χ0) is 18.9. The third kappa shape index (κ3) is 7.85. The number of rotatable bonds is 11. The first kappa shape index (κ1) is 21.4. The highest BCUT2D eigenvalue weighted by Crippen LogP contribution is 2.16. The van der Waals surface area contributed by atoms with E-state index in [9.17, 15) is 13.2 Å². The van der Waals surface area contributed by atoms with Crippen molar-refractivity contribution in [3.05, 3.63) is 24.3 Å². The summed E-state index contributed by atoms with van der Waals surface area (Å²) in [5.41, 5.74) is 0. The van der Waals surface area contributed by atoms with Gasteiger partial charge in [-0.25, -0.2) is 8.42 Å². The van der Waals surface area contributed by atoms with E-state index in [-0.39, 0.29) is 16.9 Å². The lowest BCUT2D eigenvalue weighted by atomic mass is 10.3. The summed E-state index contributed by atoms with van der Waals surface area (Å²) in [5, 5.41) is 2.69. The van der Waals surface area contributed by atoms with E-state index >= 15 is 0 Å². The van der Waals surface area contributed by atoms with E-state index in [0.717, 1.165) is 0 Å². The summed E-state index contributed by atoms with van der Waals surface area (Å²) in [4.78, 5) is 12.1. The molecule has 0 aliphatic rings. The molecule has 1 rings (SSSR count). The van der Waals surface area contributed by atoms with Gasteiger partial charge in [-0.2, -0.15) is 4.72 Å². The third-order valence-electron chi connectivity index (χ3n) is 3.24. The highest BCUT2D eigenvalue weighted by atomic mass is 32.2. The molecule has 0 aliphatic heterocycles. The largest absolute Gasteiger partial charge is 0.494 e. The Morgan fingerprint density at radius 3 is 2.36 bits per heavy atom. The molecule has 142 valence electrons. The van der Waals surface area contributed by atoms with Gasteiger partial charge in [-0.1, -0.05) is 0 Å². The summed E-state index contributed by atoms with van der Waals surface area (Å²) in [6.45, 7) is 8.72. The molecule has 0 unspecified atom stereocenters. The molecule has 7 nitrogen and oxygen atoms in total. The highest BCUT2D eigenvalue weighted by Gasteiger charge is 2.21. The smallest absolute Gasteiger partial charge is 0.241 e. The van der Waals surface area contributed by atoms with Crippen LogP contribution in [0.15, 0.2) is 29.2 Å². The molecule has 0 aromatic heterocycles. The minimum Gasteiger partial charge on any atom is -0.494 e. The van der Waals surface area contributed by atoms with Crippen molar-refractivity contribution in [2.24, 2.45) is 0 Å². The Labute approximate surface area is 150 Å². The molecular weight excluding hydrogens is 344 g/mol. The second-order valence-electron chi connectivity index (χ2n) is 5.81. The highest BCUT2D eigenvalue weighted by molar-refractivity contribution is 7.89. The Balaban J connectivity index is 2.50. The van der Waals surface area contributed by atoms with Crippen LogP contribution in [0, 0.1) is 0 Å². The molecule has 2 N–H and O–H groups in total. The Morgan fingerprint density at radius 1 is 1.16 bits per heavy atom. The molecule has 0 heterocycles. The van der Waals surface area contributed by atoms with Crippen LogP contribution < -0.4 is 14.8 Å². The van der Waals surface area contributed by atoms with Crippen molar-refractivity contribution in [2.45, 2.75) is 51.2 Å². The van der Waals surface area contributed by atoms with E-state index < -0.39 is 16.1 Å². The van der Waals surface area contributed by atoms with Crippen LogP contribution >= 0.6 is 0 Å². The van der Waals surface area contributed by atoms with E-state index in [1.807, 2.05) is 20.8 Å². The predicted octanol–water partition coefficient (Wildman–Crippen LogP) is 1.68. The lowest BCUT2D eigenvalue weighted by Gasteiger charge is -2.15. The first-order valence-electron chi connectivity index (χ1n) is 8.40. The molecule has 0 spiro atoms. The van der Waals surface area contributed by atoms with E-state index in [1.165, 1.54) is 19.1 Å². The fourth-order valence-corrected chi connectivity index (χ4v) is 3.19. The second kappa shape index (κ2) is 10.4. The van der Waals surface area contributed by atoms with Crippen molar-refractivity contribution in [1.29, 1.82) is 0 Å². The minimum atomic E-state index is -3.77. The normalized spacial score (nSPS) is 12.8. The van der Waals surface area contributed by atoms with Crippen molar-refractivity contribution in [2.75, 3.05) is 19.8 Å². The van der Waals surface area contributed by atoms with Gasteiger partial charge in [0.05, 0.1) is 23.6 Å². The summed E-state index contributed by atoms with van der Waals surface area (Å²) in [6.07, 6.45) is 0.818. The van der Waals surface area contributed by atoms with Crippen molar-refractivity contribution in [1.82, 2.24) is 10.0 Å². The van der Waals surface area contributed by atoms with Gasteiger partial charge in [-0.05, 0) is 58.4 Å². The van der Waals surface area contributed by atoms with Gasteiger partial charge in [0.15, 0.2) is 0 Å². The Kier molecular flexibility index (Phi) is 8.88. The van der Waals surface area contributed by atoms with E-state index in [1.54, 1.807) is 12.1 Å². The van der Waals surface area contributed by atoms with E-state index in [0.29, 0.717) is 31.9 Å². The Bertz CT molecular complexity index is 629. The zero-order valence-electron chi connectivity index (χ0n) is 15.2. The molecule has 1 aromatic carbocycles. The van der Waals surface area contributed by atoms with Crippen LogP contribution in [0.5, 0.6) is 5.75 Å². The first-order valence-corrected chi connectivity index (χ1v) is 9.89. The Hall–Kier alpha value is -1.64. The van der Waals surface area contributed by atoms with Gasteiger partial charge in [0.1, 0.15) is 5.75 Å². The fourth-order valence-electron chi connectivity index (χ4n) is 1.99. The van der Waals surface area contributed by atoms with Crippen molar-refractivity contribution in [3.63, 3.8) is 0 Å². The summed E-state index contributed by atoms with van der Waals surface area (Å²) < 4.78 is 37.7. The van der Waals surface area contributed by atoms with Gasteiger partial charge in [-0.3, -0.25) is 4.79 Å². The maximum absolute atomic E-state index is 12.3. The van der Waals surface area contributed by atoms with Gasteiger partial charge in [0.2, 0.25) is 15.9 Å². The molecule has 1 atom stereocenters. The zero-order valence-corrected chi connectivity index (χ0v) is 16.1. The van der Waals surface area contributed by atoms with Gasteiger partial charge in [0, 0.05) is 13.2 Å². The average Bonchev–Trinajstić information content (AvgIpc) is 2.54. The van der Waals surface area contributed by atoms with Gasteiger partial charge in [-0.15, -0.1) is 0 Å². The number of nitrogens with one attached hydrogen (secondary N) is 2. The summed E-state index contributed by atoms with van der Waals surface area (Å²) in [6, 6.07) is 5.18. The van der Waals surface area contributed by atoms with Crippen molar-refractivity contribution < 1.29 is 22.7 Å². The van der Waals surface area contributed by atoms with Crippen molar-refractivity contribution in [3.8, 4) is 5.75 Å². The van der Waals surface area contributed by atoms with Gasteiger partial charge >= 0.3 is 0 Å². The molecule has 0 saturated carbocycles. The van der Waals surface area contributed by atoms with Crippen LogP contribution in [-0.2, 0) is 19.6 Å². The van der Waals surface area contributed by atoms with Crippen LogP contribution in [0.25, 0.3) is 0 Å². The number of sulfonamides is 1.